The summed E-state index contributed by atoms with van der Waals surface area (Å²) >= 11 is 0. The van der Waals surface area contributed by atoms with E-state index >= 15 is 4.39 Å². The normalized spacial score (nSPS) is 32.6. The molecule has 0 spiro atoms. The van der Waals surface area contributed by atoms with Crippen LogP contribution in [0.1, 0.15) is 12.8 Å². The number of hydrogen-bond donors (Lipinski definition) is 0. The zero-order valence-electron chi connectivity index (χ0n) is 16.8. The lowest BCUT2D eigenvalue weighted by molar-refractivity contribution is -0.138. The predicted octanol–water partition coefficient (Wildman–Crippen LogP) is 1.35. The van der Waals surface area contributed by atoms with Gasteiger partial charge in [0.1, 0.15) is 6.04 Å². The van der Waals surface area contributed by atoms with E-state index in [9.17, 15) is 14.0 Å². The lowest BCUT2D eigenvalue weighted by atomic mass is 9.81. The minimum Gasteiger partial charge on any atom is -0.450 e. The number of fused-ring (bicyclic) bond motifs is 3. The first kappa shape index (κ1) is 18.7. The quantitative estimate of drug-likeness (QED) is 0.582. The molecule has 0 saturated carbocycles. The van der Waals surface area contributed by atoms with E-state index in [2.05, 4.69) is 10.1 Å². The van der Waals surface area contributed by atoms with E-state index in [1.807, 2.05) is 11.9 Å². The van der Waals surface area contributed by atoms with E-state index in [0.717, 1.165) is 13.1 Å². The van der Waals surface area contributed by atoms with Gasteiger partial charge in [0.05, 0.1) is 17.0 Å². The molecular weight excluding hydrogens is 410 g/mol. The summed E-state index contributed by atoms with van der Waals surface area (Å²) < 4.78 is 36.0. The number of oxime groups is 1. The van der Waals surface area contributed by atoms with Crippen LogP contribution in [0.4, 0.5) is 8.78 Å². The van der Waals surface area contributed by atoms with Gasteiger partial charge >= 0.3 is 0 Å². The maximum atomic E-state index is 15.8. The topological polar surface area (TPSA) is 74.7 Å². The number of ether oxygens (including phenoxy) is 1. The molecule has 6 rings (SSSR count). The summed E-state index contributed by atoms with van der Waals surface area (Å²) in [4.78, 5) is 35.7. The first-order valence-electron chi connectivity index (χ1n) is 10.4. The third kappa shape index (κ3) is 2.57. The number of nitrogens with zero attached hydrogens (tertiary/aromatic N) is 4. The number of ketones is 2. The first-order valence-corrected chi connectivity index (χ1v) is 10.4. The van der Waals surface area contributed by atoms with Crippen molar-refractivity contribution in [2.45, 2.75) is 25.1 Å². The van der Waals surface area contributed by atoms with Gasteiger partial charge < -0.3 is 24.3 Å². The van der Waals surface area contributed by atoms with Crippen LogP contribution >= 0.6 is 0 Å². The van der Waals surface area contributed by atoms with Crippen LogP contribution < -0.4 is 0 Å². The molecule has 3 atom stereocenters. The van der Waals surface area contributed by atoms with Crippen LogP contribution in [-0.4, -0.2) is 77.7 Å². The van der Waals surface area contributed by atoms with Crippen molar-refractivity contribution < 1.29 is 27.9 Å². The molecule has 0 aromatic heterocycles. The fourth-order valence-electron chi connectivity index (χ4n) is 5.13. The average Bonchev–Trinajstić information content (AvgIpc) is 3.14. The Bertz CT molecular complexity index is 1070. The van der Waals surface area contributed by atoms with Gasteiger partial charge in [0, 0.05) is 38.5 Å². The summed E-state index contributed by atoms with van der Waals surface area (Å²) in [6.45, 7) is 2.82. The van der Waals surface area contributed by atoms with Crippen molar-refractivity contribution in [2.24, 2.45) is 11.1 Å². The number of carbonyl (C=O) groups is 2. The zero-order valence-corrected chi connectivity index (χ0v) is 16.8. The van der Waals surface area contributed by atoms with Crippen LogP contribution in [-0.2, 0) is 19.2 Å². The molecule has 3 unspecified atom stereocenters. The number of carbonyl (C=O) groups excluding carboxylic acids is 2. The molecule has 0 aromatic rings. The SMILES string of the molecule is CN1CCN(C2=CC3C=C4C(F)=NOC4N4C5=C(OC(=C2F)C34)C(=O)C(=O)CC5)CC1. The molecule has 0 N–H and O–H groups in total. The Hall–Kier alpha value is -3.01. The smallest absolute Gasteiger partial charge is 0.265 e. The molecule has 10 heteroatoms. The first-order chi connectivity index (χ1) is 14.9. The maximum Gasteiger partial charge on any atom is 0.265 e. The lowest BCUT2D eigenvalue weighted by Crippen LogP contribution is -2.56. The molecule has 0 bridgehead atoms. The van der Waals surface area contributed by atoms with Crippen molar-refractivity contribution in [1.82, 2.24) is 14.7 Å². The number of likely N-dealkylation sites (N-methyl/N-ethyl adjacent to an activating group) is 1. The van der Waals surface area contributed by atoms with E-state index in [0.29, 0.717) is 24.5 Å². The highest BCUT2D eigenvalue weighted by Gasteiger charge is 2.54. The Balaban J connectivity index is 1.50. The standard InChI is InChI=1S/C21H20F2N4O4/c1-25-4-6-26(7-5-25)13-9-10-8-11-20(23)24-31-21(11)27-12-2-3-14(28)17(29)18(12)30-19(15(13)22)16(10)27/h8-10,16,21H,2-7H2,1H3. The molecule has 4 heterocycles. The van der Waals surface area contributed by atoms with Crippen molar-refractivity contribution >= 4 is 17.5 Å². The summed E-state index contributed by atoms with van der Waals surface area (Å²) in [7, 11) is 2.01. The summed E-state index contributed by atoms with van der Waals surface area (Å²) in [5.41, 5.74) is 1.05. The fourth-order valence-corrected chi connectivity index (χ4v) is 5.13. The number of Topliss-reactive ketones (excluding diaryl/α,β-unsaturated/α-hetero) is 2. The van der Waals surface area contributed by atoms with Gasteiger partial charge in [-0.05, 0) is 19.5 Å². The monoisotopic (exact) mass is 430 g/mol. The molecule has 1 fully saturated rings. The van der Waals surface area contributed by atoms with Gasteiger partial charge in [0.2, 0.25) is 12.0 Å². The highest BCUT2D eigenvalue weighted by Crippen LogP contribution is 2.49. The number of hydrogen-bond acceptors (Lipinski definition) is 8. The average molecular weight is 430 g/mol. The highest BCUT2D eigenvalue weighted by molar-refractivity contribution is 6.43. The molecule has 0 amide bonds. The second kappa shape index (κ2) is 6.49. The van der Waals surface area contributed by atoms with E-state index in [1.54, 1.807) is 17.1 Å². The number of piperazine rings is 1. The van der Waals surface area contributed by atoms with Crippen LogP contribution in [0, 0.1) is 5.92 Å². The van der Waals surface area contributed by atoms with Crippen LogP contribution in [0.15, 0.2) is 51.6 Å². The second-order valence-electron chi connectivity index (χ2n) is 8.54. The third-order valence-electron chi connectivity index (χ3n) is 6.76. The van der Waals surface area contributed by atoms with Gasteiger partial charge in [-0.2, -0.15) is 4.39 Å². The van der Waals surface area contributed by atoms with Crippen molar-refractivity contribution in [3.8, 4) is 0 Å². The van der Waals surface area contributed by atoms with Crippen LogP contribution in [0.5, 0.6) is 0 Å². The van der Waals surface area contributed by atoms with Crippen molar-refractivity contribution in [1.29, 1.82) is 0 Å². The largest absolute Gasteiger partial charge is 0.450 e. The van der Waals surface area contributed by atoms with Crippen LogP contribution in [0.25, 0.3) is 0 Å². The Morgan fingerprint density at radius 1 is 1.10 bits per heavy atom. The van der Waals surface area contributed by atoms with Gasteiger partial charge in [0.25, 0.3) is 11.7 Å². The molecule has 0 aromatic carbocycles. The Labute approximate surface area is 176 Å². The molecule has 6 aliphatic rings. The fraction of sp³-hybridized carbons (Fsp3) is 0.476. The number of rotatable bonds is 1. The summed E-state index contributed by atoms with van der Waals surface area (Å²) in [6.07, 6.45) is 2.83. The molecule has 8 nitrogen and oxygen atoms in total. The van der Waals surface area contributed by atoms with E-state index in [1.165, 1.54) is 0 Å². The summed E-state index contributed by atoms with van der Waals surface area (Å²) in [5, 5.41) is 3.47. The predicted molar refractivity (Wildman–Crippen MR) is 103 cm³/mol. The van der Waals surface area contributed by atoms with Crippen LogP contribution in [0.2, 0.25) is 0 Å². The molecular formula is C21H20F2N4O4. The van der Waals surface area contributed by atoms with Crippen molar-refractivity contribution in [3.63, 3.8) is 0 Å². The summed E-state index contributed by atoms with van der Waals surface area (Å²) in [6, 6.07) is -0.634. The Kier molecular flexibility index (Phi) is 3.92. The molecule has 4 aliphatic heterocycles. The van der Waals surface area contributed by atoms with Crippen molar-refractivity contribution in [3.05, 3.63) is 46.5 Å². The van der Waals surface area contributed by atoms with Crippen molar-refractivity contribution in [2.75, 3.05) is 33.2 Å². The Morgan fingerprint density at radius 2 is 1.87 bits per heavy atom. The summed E-state index contributed by atoms with van der Waals surface area (Å²) in [5.74, 6) is -3.29. The van der Waals surface area contributed by atoms with Gasteiger partial charge in [0.15, 0.2) is 17.3 Å². The highest BCUT2D eigenvalue weighted by atomic mass is 19.1. The second-order valence-corrected chi connectivity index (χ2v) is 8.54. The van der Waals surface area contributed by atoms with Gasteiger partial charge in [-0.3, -0.25) is 9.59 Å². The van der Waals surface area contributed by atoms with Crippen LogP contribution in [0.3, 0.4) is 0 Å². The third-order valence-corrected chi connectivity index (χ3v) is 6.76. The van der Waals surface area contributed by atoms with E-state index in [4.69, 9.17) is 9.57 Å². The minimum absolute atomic E-state index is 0.0218. The number of allylic oxidation sites excluding steroid dienone is 3. The maximum absolute atomic E-state index is 15.8. The molecule has 162 valence electrons. The Morgan fingerprint density at radius 3 is 2.65 bits per heavy atom. The van der Waals surface area contributed by atoms with Gasteiger partial charge in [-0.15, -0.1) is 0 Å². The van der Waals surface area contributed by atoms with E-state index in [-0.39, 0.29) is 29.9 Å². The van der Waals surface area contributed by atoms with E-state index < -0.39 is 41.5 Å². The van der Waals surface area contributed by atoms with Gasteiger partial charge in [-0.1, -0.05) is 11.2 Å². The minimum atomic E-state index is -0.919. The lowest BCUT2D eigenvalue weighted by Gasteiger charge is -2.50. The molecule has 2 aliphatic carbocycles. The molecule has 0 radical (unpaired) electrons. The molecule has 31 heavy (non-hydrogen) atoms. The van der Waals surface area contributed by atoms with Gasteiger partial charge in [-0.25, -0.2) is 4.39 Å². The molecule has 1 saturated heterocycles. The number of halogens is 2. The zero-order chi connectivity index (χ0) is 21.4.